The van der Waals surface area contributed by atoms with Gasteiger partial charge in [-0.05, 0) is 37.4 Å². The Morgan fingerprint density at radius 3 is 2.75 bits per heavy atom. The van der Waals surface area contributed by atoms with Crippen molar-refractivity contribution in [3.63, 3.8) is 0 Å². The average Bonchev–Trinajstić information content (AvgIpc) is 2.83. The Morgan fingerprint density at radius 2 is 1.95 bits per heavy atom. The maximum absolute atomic E-state index is 12.7. The molecule has 20 heavy (non-hydrogen) atoms. The molecule has 1 aliphatic heterocycles. The fourth-order valence-corrected chi connectivity index (χ4v) is 4.75. The highest BCUT2D eigenvalue weighted by Crippen LogP contribution is 2.36. The minimum absolute atomic E-state index is 0.185. The zero-order valence-corrected chi connectivity index (χ0v) is 12.4. The van der Waals surface area contributed by atoms with Gasteiger partial charge in [-0.2, -0.15) is 0 Å². The normalized spacial score (nSPS) is 27.1. The molecule has 1 heterocycles. The van der Waals surface area contributed by atoms with E-state index in [-0.39, 0.29) is 5.25 Å². The minimum atomic E-state index is -1.01. The van der Waals surface area contributed by atoms with Crippen molar-refractivity contribution in [1.82, 2.24) is 0 Å². The van der Waals surface area contributed by atoms with Gasteiger partial charge >= 0.3 is 0 Å². The molecule has 3 atom stereocenters. The average molecular weight is 295 g/mol. The third-order valence-corrected chi connectivity index (χ3v) is 6.01. The molecular weight excluding hydrogens is 274 g/mol. The lowest BCUT2D eigenvalue weighted by atomic mass is 10.1. The van der Waals surface area contributed by atoms with Crippen LogP contribution in [0.25, 0.3) is 0 Å². The predicted molar refractivity (Wildman–Crippen MR) is 78.6 cm³/mol. The Labute approximate surface area is 122 Å². The smallest absolute Gasteiger partial charge is 0.162 e. The number of rotatable bonds is 3. The molecule has 1 aliphatic carbocycles. The fraction of sp³-hybridized carbons (Fsp3) is 0.600. The van der Waals surface area contributed by atoms with Crippen molar-refractivity contribution in [1.29, 1.82) is 0 Å². The molecule has 0 aromatic heterocycles. The summed E-state index contributed by atoms with van der Waals surface area (Å²) < 4.78 is 24.0. The second-order valence-electron chi connectivity index (χ2n) is 5.42. The molecule has 3 rings (SSSR count). The van der Waals surface area contributed by atoms with Crippen LogP contribution in [0.2, 0.25) is 0 Å². The van der Waals surface area contributed by atoms with Gasteiger partial charge in [0.1, 0.15) is 0 Å². The third-order valence-electron chi connectivity index (χ3n) is 4.12. The number of benzene rings is 1. The first kappa shape index (κ1) is 13.9. The molecule has 1 aromatic rings. The van der Waals surface area contributed by atoms with Crippen molar-refractivity contribution in [3.8, 4) is 11.5 Å². The van der Waals surface area contributed by atoms with Gasteiger partial charge in [-0.3, -0.25) is 4.21 Å². The van der Waals surface area contributed by atoms with Gasteiger partial charge in [0.15, 0.2) is 11.5 Å². The lowest BCUT2D eigenvalue weighted by Gasteiger charge is -2.18. The van der Waals surface area contributed by atoms with Crippen molar-refractivity contribution in [2.75, 3.05) is 19.8 Å². The van der Waals surface area contributed by atoms with E-state index in [2.05, 4.69) is 0 Å². The molecule has 0 radical (unpaired) electrons. The number of hydrogen-bond donors (Lipinski definition) is 1. The summed E-state index contributed by atoms with van der Waals surface area (Å²) in [5.41, 5.74) is 5.79. The van der Waals surface area contributed by atoms with Crippen LogP contribution < -0.4 is 15.2 Å². The van der Waals surface area contributed by atoms with Gasteiger partial charge in [0, 0.05) is 22.6 Å². The monoisotopic (exact) mass is 295 g/mol. The van der Waals surface area contributed by atoms with Crippen molar-refractivity contribution >= 4 is 10.8 Å². The van der Waals surface area contributed by atoms with Crippen molar-refractivity contribution in [3.05, 3.63) is 18.2 Å². The van der Waals surface area contributed by atoms with Crippen LogP contribution in [0.3, 0.4) is 0 Å². The molecule has 4 nitrogen and oxygen atoms in total. The lowest BCUT2D eigenvalue weighted by Crippen LogP contribution is -2.26. The second kappa shape index (κ2) is 6.14. The summed E-state index contributed by atoms with van der Waals surface area (Å²) in [6, 6.07) is 5.65. The molecule has 5 heteroatoms. The van der Waals surface area contributed by atoms with Gasteiger partial charge in [0.25, 0.3) is 0 Å². The summed E-state index contributed by atoms with van der Waals surface area (Å²) in [4.78, 5) is 0.833. The van der Waals surface area contributed by atoms with E-state index in [9.17, 15) is 4.21 Å². The molecule has 0 spiro atoms. The molecule has 1 fully saturated rings. The quantitative estimate of drug-likeness (QED) is 0.927. The summed E-state index contributed by atoms with van der Waals surface area (Å²) >= 11 is 0. The van der Waals surface area contributed by atoms with E-state index < -0.39 is 10.8 Å². The van der Waals surface area contributed by atoms with Crippen molar-refractivity contribution in [2.45, 2.75) is 35.8 Å². The first-order valence-corrected chi connectivity index (χ1v) is 8.51. The fourth-order valence-electron chi connectivity index (χ4n) is 3.00. The summed E-state index contributed by atoms with van der Waals surface area (Å²) in [5.74, 6) is 1.85. The van der Waals surface area contributed by atoms with E-state index in [0.29, 0.717) is 25.7 Å². The summed E-state index contributed by atoms with van der Waals surface area (Å²) in [6.07, 6.45) is 4.11. The van der Waals surface area contributed by atoms with E-state index in [1.807, 2.05) is 18.2 Å². The second-order valence-corrected chi connectivity index (χ2v) is 7.09. The van der Waals surface area contributed by atoms with Crippen LogP contribution in [0.15, 0.2) is 23.1 Å². The standard InChI is InChI=1S/C15H21NO3S/c16-10-11-3-1-4-15(11)20(17)12-5-6-13-14(9-12)19-8-2-7-18-13/h5-6,9,11,15H,1-4,7-8,10,16H2. The van der Waals surface area contributed by atoms with Crippen LogP contribution in [0.4, 0.5) is 0 Å². The molecular formula is C15H21NO3S. The number of fused-ring (bicyclic) bond motifs is 1. The lowest BCUT2D eigenvalue weighted by molar-refractivity contribution is 0.297. The Bertz CT molecular complexity index is 506. The molecule has 2 aliphatic rings. The number of ether oxygens (including phenoxy) is 2. The van der Waals surface area contributed by atoms with Crippen LogP contribution in [0, 0.1) is 5.92 Å². The highest BCUT2D eigenvalue weighted by atomic mass is 32.2. The highest BCUT2D eigenvalue weighted by molar-refractivity contribution is 7.85. The maximum atomic E-state index is 12.7. The highest BCUT2D eigenvalue weighted by Gasteiger charge is 2.32. The first-order valence-electron chi connectivity index (χ1n) is 7.30. The topological polar surface area (TPSA) is 61.6 Å². The van der Waals surface area contributed by atoms with Crippen molar-refractivity contribution < 1.29 is 13.7 Å². The molecule has 1 saturated carbocycles. The van der Waals surface area contributed by atoms with Crippen LogP contribution in [-0.2, 0) is 10.8 Å². The predicted octanol–water partition coefficient (Wildman–Crippen LogP) is 2.08. The van der Waals surface area contributed by atoms with Gasteiger partial charge < -0.3 is 15.2 Å². The number of nitrogens with two attached hydrogens (primary N) is 1. The van der Waals surface area contributed by atoms with Gasteiger partial charge in [-0.15, -0.1) is 0 Å². The van der Waals surface area contributed by atoms with Crippen LogP contribution >= 0.6 is 0 Å². The van der Waals surface area contributed by atoms with E-state index in [4.69, 9.17) is 15.2 Å². The van der Waals surface area contributed by atoms with Crippen LogP contribution in [-0.4, -0.2) is 29.2 Å². The molecule has 0 saturated heterocycles. The third kappa shape index (κ3) is 2.69. The van der Waals surface area contributed by atoms with Gasteiger partial charge in [0.2, 0.25) is 0 Å². The molecule has 1 aromatic carbocycles. The van der Waals surface area contributed by atoms with Gasteiger partial charge in [0.05, 0.1) is 24.0 Å². The first-order chi connectivity index (χ1) is 9.79. The Hall–Kier alpha value is -1.07. The van der Waals surface area contributed by atoms with Crippen LogP contribution in [0.5, 0.6) is 11.5 Å². The van der Waals surface area contributed by atoms with Crippen molar-refractivity contribution in [2.24, 2.45) is 11.7 Å². The minimum Gasteiger partial charge on any atom is -0.490 e. The largest absolute Gasteiger partial charge is 0.490 e. The summed E-state index contributed by atoms with van der Waals surface area (Å²) in [6.45, 7) is 1.95. The van der Waals surface area contributed by atoms with E-state index in [0.717, 1.165) is 42.1 Å². The number of hydrogen-bond acceptors (Lipinski definition) is 4. The Balaban J connectivity index is 1.83. The van der Waals surface area contributed by atoms with E-state index in [1.54, 1.807) is 0 Å². The Morgan fingerprint density at radius 1 is 1.15 bits per heavy atom. The van der Waals surface area contributed by atoms with Gasteiger partial charge in [-0.1, -0.05) is 6.42 Å². The molecule has 110 valence electrons. The molecule has 0 bridgehead atoms. The van der Waals surface area contributed by atoms with E-state index >= 15 is 0 Å². The Kier molecular flexibility index (Phi) is 4.27. The molecule has 2 N–H and O–H groups in total. The zero-order chi connectivity index (χ0) is 13.9. The summed E-state index contributed by atoms with van der Waals surface area (Å²) in [7, 11) is -1.01. The molecule has 0 amide bonds. The molecule has 3 unspecified atom stereocenters. The van der Waals surface area contributed by atoms with Crippen LogP contribution in [0.1, 0.15) is 25.7 Å². The van der Waals surface area contributed by atoms with Gasteiger partial charge in [-0.25, -0.2) is 0 Å². The summed E-state index contributed by atoms with van der Waals surface area (Å²) in [5, 5.41) is 0.185. The maximum Gasteiger partial charge on any atom is 0.162 e. The SMILES string of the molecule is NCC1CCCC1S(=O)c1ccc2c(c1)OCCCO2. The zero-order valence-electron chi connectivity index (χ0n) is 11.5. The van der Waals surface area contributed by atoms with E-state index in [1.165, 1.54) is 0 Å².